The summed E-state index contributed by atoms with van der Waals surface area (Å²) in [6.07, 6.45) is 9.52. The maximum absolute atomic E-state index is 10.5. The standard InChI is InChI=1S/C18H28O2Se/c19-16-13-9-4-2-1-3-5-10-14-17(20)18(16)21-15-11-7-6-8-12-15/h6-8,11-12,16-20H,1-5,9-10,13-14H2/t16-,17-/m0/s1. The van der Waals surface area contributed by atoms with Crippen LogP contribution in [0.1, 0.15) is 57.8 Å². The molecule has 1 saturated carbocycles. The predicted octanol–water partition coefficient (Wildman–Crippen LogP) is 3.05. The number of benzene rings is 1. The van der Waals surface area contributed by atoms with E-state index in [1.165, 1.54) is 36.6 Å². The molecule has 1 aliphatic rings. The minimum atomic E-state index is -0.348. The summed E-state index contributed by atoms with van der Waals surface area (Å²) in [5.74, 6) is 0. The second-order valence-corrected chi connectivity index (χ2v) is 8.71. The van der Waals surface area contributed by atoms with Crippen LogP contribution in [-0.2, 0) is 0 Å². The third kappa shape index (κ3) is 6.12. The van der Waals surface area contributed by atoms with Crippen molar-refractivity contribution in [3.05, 3.63) is 30.3 Å². The molecule has 0 spiro atoms. The third-order valence-corrected chi connectivity index (χ3v) is 7.30. The van der Waals surface area contributed by atoms with Gasteiger partial charge >= 0.3 is 135 Å². The molecule has 2 rings (SSSR count). The van der Waals surface area contributed by atoms with Crippen molar-refractivity contribution in [3.8, 4) is 0 Å². The van der Waals surface area contributed by atoms with E-state index in [0.717, 1.165) is 25.7 Å². The molecule has 0 bridgehead atoms. The van der Waals surface area contributed by atoms with Gasteiger partial charge in [0.05, 0.1) is 0 Å². The zero-order valence-electron chi connectivity index (χ0n) is 12.8. The molecule has 2 N–H and O–H groups in total. The van der Waals surface area contributed by atoms with Crippen LogP contribution in [0.15, 0.2) is 30.3 Å². The Morgan fingerprint density at radius 3 is 1.71 bits per heavy atom. The molecule has 2 nitrogen and oxygen atoms in total. The zero-order chi connectivity index (χ0) is 14.9. The summed E-state index contributed by atoms with van der Waals surface area (Å²) < 4.78 is 1.28. The molecule has 0 saturated heterocycles. The van der Waals surface area contributed by atoms with E-state index < -0.39 is 0 Å². The van der Waals surface area contributed by atoms with Gasteiger partial charge in [0.2, 0.25) is 0 Å². The summed E-state index contributed by atoms with van der Waals surface area (Å²) in [6.45, 7) is 0. The van der Waals surface area contributed by atoms with Gasteiger partial charge in [-0.2, -0.15) is 0 Å². The molecule has 3 heteroatoms. The van der Waals surface area contributed by atoms with Gasteiger partial charge in [-0.25, -0.2) is 0 Å². The number of hydrogen-bond donors (Lipinski definition) is 2. The molecule has 1 aromatic carbocycles. The van der Waals surface area contributed by atoms with Crippen molar-refractivity contribution in [1.82, 2.24) is 0 Å². The van der Waals surface area contributed by atoms with E-state index in [9.17, 15) is 10.2 Å². The molecule has 1 aliphatic carbocycles. The molecule has 0 aromatic heterocycles. The van der Waals surface area contributed by atoms with Crippen molar-refractivity contribution in [2.45, 2.75) is 74.8 Å². The van der Waals surface area contributed by atoms with Gasteiger partial charge in [-0.05, 0) is 0 Å². The van der Waals surface area contributed by atoms with Crippen LogP contribution in [0.4, 0.5) is 0 Å². The average Bonchev–Trinajstić information content (AvgIpc) is 2.50. The van der Waals surface area contributed by atoms with E-state index >= 15 is 0 Å². The summed E-state index contributed by atoms with van der Waals surface area (Å²) in [6, 6.07) is 10.4. The fraction of sp³-hybridized carbons (Fsp3) is 0.667. The van der Waals surface area contributed by atoms with Gasteiger partial charge in [-0.1, -0.05) is 0 Å². The van der Waals surface area contributed by atoms with E-state index in [4.69, 9.17) is 0 Å². The topological polar surface area (TPSA) is 40.5 Å². The molecule has 1 aromatic rings. The molecule has 118 valence electrons. The monoisotopic (exact) mass is 356 g/mol. The molecule has 0 radical (unpaired) electrons. The second kappa shape index (κ2) is 9.63. The Morgan fingerprint density at radius 2 is 1.19 bits per heavy atom. The van der Waals surface area contributed by atoms with E-state index in [-0.39, 0.29) is 32.0 Å². The Labute approximate surface area is 135 Å². The first-order valence-corrected chi connectivity index (χ1v) is 10.2. The molecular weight excluding hydrogens is 327 g/mol. The van der Waals surface area contributed by atoms with Crippen LogP contribution in [0.3, 0.4) is 0 Å². The summed E-state index contributed by atoms with van der Waals surface area (Å²) >= 11 is 0.143. The van der Waals surface area contributed by atoms with Gasteiger partial charge in [0.1, 0.15) is 0 Å². The molecular formula is C18H28O2Se. The summed E-state index contributed by atoms with van der Waals surface area (Å²) in [5.41, 5.74) is 0. The number of rotatable bonds is 2. The van der Waals surface area contributed by atoms with Gasteiger partial charge < -0.3 is 0 Å². The van der Waals surface area contributed by atoms with E-state index in [0.29, 0.717) is 0 Å². The molecule has 1 fully saturated rings. The van der Waals surface area contributed by atoms with Gasteiger partial charge in [0, 0.05) is 0 Å². The minimum absolute atomic E-state index is 0.0410. The van der Waals surface area contributed by atoms with E-state index in [1.54, 1.807) is 0 Å². The second-order valence-electron chi connectivity index (χ2n) is 6.08. The number of hydrogen-bond acceptors (Lipinski definition) is 2. The fourth-order valence-corrected chi connectivity index (χ4v) is 5.54. The third-order valence-electron chi connectivity index (χ3n) is 4.27. The normalized spacial score (nSPS) is 26.8. The van der Waals surface area contributed by atoms with Crippen molar-refractivity contribution >= 4 is 19.4 Å². The molecule has 0 unspecified atom stereocenters. The van der Waals surface area contributed by atoms with Crippen LogP contribution in [0.2, 0.25) is 4.82 Å². The quantitative estimate of drug-likeness (QED) is 0.801. The summed E-state index contributed by atoms with van der Waals surface area (Å²) in [7, 11) is 0. The maximum atomic E-state index is 10.5. The number of aliphatic hydroxyl groups is 2. The summed E-state index contributed by atoms with van der Waals surface area (Å²) in [4.78, 5) is 0.0410. The van der Waals surface area contributed by atoms with Crippen LogP contribution in [0.5, 0.6) is 0 Å². The molecule has 21 heavy (non-hydrogen) atoms. The Kier molecular flexibility index (Phi) is 7.81. The van der Waals surface area contributed by atoms with E-state index in [2.05, 4.69) is 12.1 Å². The molecule has 0 heterocycles. The molecule has 0 aliphatic heterocycles. The predicted molar refractivity (Wildman–Crippen MR) is 89.1 cm³/mol. The molecule has 0 amide bonds. The first kappa shape index (κ1) is 17.0. The van der Waals surface area contributed by atoms with Crippen molar-refractivity contribution in [1.29, 1.82) is 0 Å². The van der Waals surface area contributed by atoms with Crippen LogP contribution < -0.4 is 4.46 Å². The van der Waals surface area contributed by atoms with Crippen LogP contribution in [0.25, 0.3) is 0 Å². The van der Waals surface area contributed by atoms with Crippen LogP contribution in [-0.4, -0.2) is 37.4 Å². The van der Waals surface area contributed by atoms with Gasteiger partial charge in [0.25, 0.3) is 0 Å². The molecule has 2 atom stereocenters. The van der Waals surface area contributed by atoms with Crippen LogP contribution in [0, 0.1) is 0 Å². The Bertz CT molecular complexity index is 366. The van der Waals surface area contributed by atoms with Crippen molar-refractivity contribution in [2.24, 2.45) is 0 Å². The average molecular weight is 355 g/mol. The van der Waals surface area contributed by atoms with Crippen molar-refractivity contribution in [3.63, 3.8) is 0 Å². The van der Waals surface area contributed by atoms with Gasteiger partial charge in [-0.3, -0.25) is 0 Å². The Hall–Kier alpha value is -0.341. The van der Waals surface area contributed by atoms with Gasteiger partial charge in [-0.15, -0.1) is 0 Å². The first-order valence-electron chi connectivity index (χ1n) is 8.35. The van der Waals surface area contributed by atoms with Crippen molar-refractivity contribution < 1.29 is 10.2 Å². The SMILES string of the molecule is O[C@H]1CCCCCCCCC[C@H](O)C1[Se]c1ccccc1. The van der Waals surface area contributed by atoms with Crippen LogP contribution >= 0.6 is 0 Å². The van der Waals surface area contributed by atoms with E-state index in [1.807, 2.05) is 18.2 Å². The zero-order valence-corrected chi connectivity index (χ0v) is 14.5. The summed E-state index contributed by atoms with van der Waals surface area (Å²) in [5, 5.41) is 21.1. The first-order chi connectivity index (χ1) is 10.3. The Morgan fingerprint density at radius 1 is 0.714 bits per heavy atom. The number of aliphatic hydroxyl groups excluding tert-OH is 2. The van der Waals surface area contributed by atoms with Gasteiger partial charge in [0.15, 0.2) is 0 Å². The van der Waals surface area contributed by atoms with Crippen molar-refractivity contribution in [2.75, 3.05) is 0 Å². The fourth-order valence-electron chi connectivity index (χ4n) is 2.99. The Balaban J connectivity index is 2.00.